The quantitative estimate of drug-likeness (QED) is 0.721. The summed E-state index contributed by atoms with van der Waals surface area (Å²) >= 11 is 1.43. The number of carbonyl (C=O) groups excluding carboxylic acids is 1. The van der Waals surface area contributed by atoms with Crippen LogP contribution < -0.4 is 19.5 Å². The fraction of sp³-hybridized carbons (Fsp3) is 0.200. The van der Waals surface area contributed by atoms with Gasteiger partial charge in [0, 0.05) is 10.9 Å². The summed E-state index contributed by atoms with van der Waals surface area (Å²) in [6.45, 7) is 2.15. The zero-order chi connectivity index (χ0) is 18.8. The first kappa shape index (κ1) is 17.4. The number of methoxy groups -OCH3 is 1. The number of hydrogen-bond acceptors (Lipinski definition) is 6. The second-order valence-electron chi connectivity index (χ2n) is 6.07. The topological polar surface area (TPSA) is 69.7 Å². The highest BCUT2D eigenvalue weighted by molar-refractivity contribution is 7.13. The Morgan fingerprint density at radius 1 is 1.19 bits per heavy atom. The molecule has 0 saturated heterocycles. The van der Waals surface area contributed by atoms with Gasteiger partial charge in [0.2, 0.25) is 6.79 Å². The van der Waals surface area contributed by atoms with Gasteiger partial charge in [0.25, 0.3) is 5.91 Å². The summed E-state index contributed by atoms with van der Waals surface area (Å²) in [5.74, 6) is 1.99. The molecule has 2 aromatic carbocycles. The van der Waals surface area contributed by atoms with Crippen molar-refractivity contribution in [3.63, 3.8) is 0 Å². The lowest BCUT2D eigenvalue weighted by atomic mass is 10.1. The minimum atomic E-state index is -0.212. The Hall–Kier alpha value is -3.06. The molecule has 0 bridgehead atoms. The monoisotopic (exact) mass is 382 g/mol. The highest BCUT2D eigenvalue weighted by atomic mass is 32.1. The number of ether oxygens (including phenoxy) is 3. The fourth-order valence-electron chi connectivity index (χ4n) is 2.78. The average molecular weight is 382 g/mol. The highest BCUT2D eigenvalue weighted by Gasteiger charge is 2.18. The molecule has 1 aromatic heterocycles. The number of rotatable bonds is 5. The second-order valence-corrected chi connectivity index (χ2v) is 6.93. The molecule has 0 aliphatic carbocycles. The van der Waals surface area contributed by atoms with Crippen LogP contribution in [0.25, 0.3) is 10.6 Å². The van der Waals surface area contributed by atoms with E-state index in [9.17, 15) is 4.79 Å². The van der Waals surface area contributed by atoms with E-state index in [2.05, 4.69) is 10.3 Å². The van der Waals surface area contributed by atoms with Crippen molar-refractivity contribution in [1.29, 1.82) is 0 Å². The van der Waals surface area contributed by atoms with Crippen LogP contribution in [0.15, 0.2) is 47.8 Å². The van der Waals surface area contributed by atoms with Crippen LogP contribution in [0.2, 0.25) is 0 Å². The van der Waals surface area contributed by atoms with Gasteiger partial charge in [-0.15, -0.1) is 11.3 Å². The standard InChI is InChI=1S/C20H18N2O4S/c1-12(14-5-8-17-18(9-14)26-11-25-17)21-19(23)16-10-27-20(22-16)13-3-6-15(24-2)7-4-13/h3-10,12H,11H2,1-2H3,(H,21,23). The third kappa shape index (κ3) is 3.59. The number of amides is 1. The zero-order valence-electron chi connectivity index (χ0n) is 14.9. The first-order valence-electron chi connectivity index (χ1n) is 8.44. The lowest BCUT2D eigenvalue weighted by molar-refractivity contribution is 0.0935. The number of benzene rings is 2. The average Bonchev–Trinajstić information content (AvgIpc) is 3.37. The van der Waals surface area contributed by atoms with Crippen molar-refractivity contribution in [3.05, 3.63) is 59.1 Å². The van der Waals surface area contributed by atoms with Crippen LogP contribution in [0.4, 0.5) is 0 Å². The Kier molecular flexibility index (Phi) is 4.68. The number of aromatic nitrogens is 1. The van der Waals surface area contributed by atoms with Crippen molar-refractivity contribution in [2.75, 3.05) is 13.9 Å². The Morgan fingerprint density at radius 2 is 1.96 bits per heavy atom. The van der Waals surface area contributed by atoms with Crippen LogP contribution in [0.3, 0.4) is 0 Å². The molecule has 27 heavy (non-hydrogen) atoms. The van der Waals surface area contributed by atoms with E-state index < -0.39 is 0 Å². The number of fused-ring (bicyclic) bond motifs is 1. The van der Waals surface area contributed by atoms with Crippen LogP contribution in [-0.2, 0) is 0 Å². The predicted octanol–water partition coefficient (Wildman–Crippen LogP) is 4.04. The summed E-state index contributed by atoms with van der Waals surface area (Å²) in [5.41, 5.74) is 2.29. The molecule has 4 rings (SSSR count). The number of hydrogen-bond donors (Lipinski definition) is 1. The van der Waals surface area contributed by atoms with E-state index in [1.807, 2.05) is 49.4 Å². The van der Waals surface area contributed by atoms with Crippen molar-refractivity contribution in [2.45, 2.75) is 13.0 Å². The summed E-state index contributed by atoms with van der Waals surface area (Å²) in [6.07, 6.45) is 0. The Labute approximate surface area is 160 Å². The maximum absolute atomic E-state index is 12.6. The molecule has 1 unspecified atom stereocenters. The summed E-state index contributed by atoms with van der Waals surface area (Å²) < 4.78 is 15.9. The van der Waals surface area contributed by atoms with E-state index in [1.165, 1.54) is 11.3 Å². The second kappa shape index (κ2) is 7.28. The van der Waals surface area contributed by atoms with Gasteiger partial charge in [0.1, 0.15) is 16.5 Å². The van der Waals surface area contributed by atoms with Crippen molar-refractivity contribution in [1.82, 2.24) is 10.3 Å². The summed E-state index contributed by atoms with van der Waals surface area (Å²) in [6, 6.07) is 13.1. The first-order chi connectivity index (χ1) is 13.1. The van der Waals surface area contributed by atoms with Gasteiger partial charge in [-0.05, 0) is 48.9 Å². The maximum Gasteiger partial charge on any atom is 0.271 e. The van der Waals surface area contributed by atoms with E-state index in [4.69, 9.17) is 14.2 Å². The normalized spacial score (nSPS) is 13.3. The molecule has 1 amide bonds. The Bertz CT molecular complexity index is 968. The van der Waals surface area contributed by atoms with Gasteiger partial charge in [0.15, 0.2) is 11.5 Å². The number of nitrogens with one attached hydrogen (secondary N) is 1. The lowest BCUT2D eigenvalue weighted by Crippen LogP contribution is -2.26. The molecular weight excluding hydrogens is 364 g/mol. The number of nitrogens with zero attached hydrogens (tertiary/aromatic N) is 1. The molecule has 0 spiro atoms. The summed E-state index contributed by atoms with van der Waals surface area (Å²) in [5, 5.41) is 5.53. The summed E-state index contributed by atoms with van der Waals surface area (Å²) in [7, 11) is 1.63. The van der Waals surface area contributed by atoms with E-state index in [1.54, 1.807) is 12.5 Å². The van der Waals surface area contributed by atoms with Crippen LogP contribution in [0.1, 0.15) is 29.0 Å². The molecule has 0 radical (unpaired) electrons. The molecule has 0 fully saturated rings. The first-order valence-corrected chi connectivity index (χ1v) is 9.32. The van der Waals surface area contributed by atoms with E-state index in [-0.39, 0.29) is 18.7 Å². The molecule has 3 aromatic rings. The number of carbonyl (C=O) groups is 1. The van der Waals surface area contributed by atoms with Crippen molar-refractivity contribution in [3.8, 4) is 27.8 Å². The van der Waals surface area contributed by atoms with Crippen LogP contribution in [0.5, 0.6) is 17.2 Å². The minimum absolute atomic E-state index is 0.182. The van der Waals surface area contributed by atoms with Crippen LogP contribution >= 0.6 is 11.3 Å². The van der Waals surface area contributed by atoms with Gasteiger partial charge in [-0.25, -0.2) is 4.98 Å². The van der Waals surface area contributed by atoms with Gasteiger partial charge in [-0.2, -0.15) is 0 Å². The van der Waals surface area contributed by atoms with E-state index in [0.29, 0.717) is 11.4 Å². The highest BCUT2D eigenvalue weighted by Crippen LogP contribution is 2.34. The fourth-order valence-corrected chi connectivity index (χ4v) is 3.59. The van der Waals surface area contributed by atoms with Crippen molar-refractivity contribution < 1.29 is 19.0 Å². The molecule has 1 atom stereocenters. The molecule has 1 N–H and O–H groups in total. The van der Waals surface area contributed by atoms with Crippen molar-refractivity contribution in [2.24, 2.45) is 0 Å². The SMILES string of the molecule is COc1ccc(-c2nc(C(=O)NC(C)c3ccc4c(c3)OCO4)cs2)cc1. The van der Waals surface area contributed by atoms with Crippen LogP contribution in [-0.4, -0.2) is 24.8 Å². The molecule has 138 valence electrons. The lowest BCUT2D eigenvalue weighted by Gasteiger charge is -2.14. The van der Waals surface area contributed by atoms with Gasteiger partial charge < -0.3 is 19.5 Å². The number of thiazole rings is 1. The summed E-state index contributed by atoms with van der Waals surface area (Å²) in [4.78, 5) is 17.0. The molecule has 1 aliphatic rings. The van der Waals surface area contributed by atoms with E-state index >= 15 is 0 Å². The molecule has 2 heterocycles. The minimum Gasteiger partial charge on any atom is -0.497 e. The largest absolute Gasteiger partial charge is 0.497 e. The predicted molar refractivity (Wildman–Crippen MR) is 103 cm³/mol. The smallest absolute Gasteiger partial charge is 0.271 e. The molecule has 0 saturated carbocycles. The molecule has 7 heteroatoms. The molecular formula is C20H18N2O4S. The van der Waals surface area contributed by atoms with Gasteiger partial charge in [-0.1, -0.05) is 6.07 Å². The Balaban J connectivity index is 1.46. The Morgan fingerprint density at radius 3 is 2.74 bits per heavy atom. The van der Waals surface area contributed by atoms with Crippen LogP contribution in [0, 0.1) is 0 Å². The van der Waals surface area contributed by atoms with Crippen molar-refractivity contribution >= 4 is 17.2 Å². The van der Waals surface area contributed by atoms with Gasteiger partial charge in [-0.3, -0.25) is 4.79 Å². The zero-order valence-corrected chi connectivity index (χ0v) is 15.7. The third-order valence-electron chi connectivity index (χ3n) is 4.32. The maximum atomic E-state index is 12.6. The van der Waals surface area contributed by atoms with Gasteiger partial charge >= 0.3 is 0 Å². The molecule has 1 aliphatic heterocycles. The van der Waals surface area contributed by atoms with E-state index in [0.717, 1.165) is 27.6 Å². The molecule has 6 nitrogen and oxygen atoms in total. The third-order valence-corrected chi connectivity index (χ3v) is 5.21. The van der Waals surface area contributed by atoms with Gasteiger partial charge in [0.05, 0.1) is 13.2 Å².